The van der Waals surface area contributed by atoms with Crippen molar-refractivity contribution in [2.45, 2.75) is 44.9 Å². The van der Waals surface area contributed by atoms with Crippen LogP contribution in [0.3, 0.4) is 0 Å². The van der Waals surface area contributed by atoms with Crippen molar-refractivity contribution in [3.05, 3.63) is 0 Å². The van der Waals surface area contributed by atoms with Crippen molar-refractivity contribution in [2.75, 3.05) is 19.6 Å². The molecule has 0 saturated carbocycles. The molecule has 2 aliphatic rings. The van der Waals surface area contributed by atoms with Gasteiger partial charge in [-0.1, -0.05) is 20.8 Å². The van der Waals surface area contributed by atoms with Crippen molar-refractivity contribution < 1.29 is 23.1 Å². The van der Waals surface area contributed by atoms with Crippen LogP contribution in [0.1, 0.15) is 27.2 Å². The molecule has 0 aromatic carbocycles. The normalized spacial score (nSPS) is 32.1. The highest BCUT2D eigenvalue weighted by Crippen LogP contribution is 2.50. The maximum Gasteiger partial charge on any atom is 0.407 e. The maximum absolute atomic E-state index is 12.5. The number of hydrogen-bond acceptors (Lipinski definition) is 2. The zero-order valence-electron chi connectivity index (χ0n) is 11.3. The smallest absolute Gasteiger partial charge is 0.407 e. The third-order valence-corrected chi connectivity index (χ3v) is 4.47. The zero-order chi connectivity index (χ0) is 14.6. The minimum absolute atomic E-state index is 0.160. The number of nitrogens with zero attached hydrogens (tertiary/aromatic N) is 2. The summed E-state index contributed by atoms with van der Waals surface area (Å²) in [4.78, 5) is 14.0. The predicted molar refractivity (Wildman–Crippen MR) is 62.9 cm³/mol. The predicted octanol–water partition coefficient (Wildman–Crippen LogP) is 2.40. The molecule has 2 fully saturated rings. The van der Waals surface area contributed by atoms with E-state index in [9.17, 15) is 23.1 Å². The molecule has 19 heavy (non-hydrogen) atoms. The third-order valence-electron chi connectivity index (χ3n) is 4.47. The second kappa shape index (κ2) is 4.01. The first-order valence-electron chi connectivity index (χ1n) is 6.28. The molecule has 2 heterocycles. The molecule has 2 saturated heterocycles. The van der Waals surface area contributed by atoms with E-state index in [0.717, 1.165) is 0 Å². The number of likely N-dealkylation sites (tertiary alicyclic amines) is 2. The molecule has 0 radical (unpaired) electrons. The van der Waals surface area contributed by atoms with Gasteiger partial charge < -0.3 is 5.11 Å². The van der Waals surface area contributed by atoms with Gasteiger partial charge in [-0.05, 0) is 11.8 Å². The average Bonchev–Trinajstić information content (AvgIpc) is 2.69. The SMILES string of the molecule is CC(C)(C)[C@]12C[C@@H](CN1C(=O)O)N(CC(F)(F)F)C2. The van der Waals surface area contributed by atoms with Gasteiger partial charge in [0.25, 0.3) is 0 Å². The fraction of sp³-hybridized carbons (Fsp3) is 0.917. The van der Waals surface area contributed by atoms with Crippen LogP contribution < -0.4 is 0 Å². The summed E-state index contributed by atoms with van der Waals surface area (Å²) >= 11 is 0. The molecule has 2 bridgehead atoms. The lowest BCUT2D eigenvalue weighted by Crippen LogP contribution is -2.62. The monoisotopic (exact) mass is 280 g/mol. The zero-order valence-corrected chi connectivity index (χ0v) is 11.3. The van der Waals surface area contributed by atoms with Crippen LogP contribution in [-0.2, 0) is 0 Å². The second-order valence-electron chi connectivity index (χ2n) is 6.55. The van der Waals surface area contributed by atoms with Gasteiger partial charge in [-0.3, -0.25) is 9.80 Å². The number of carboxylic acid groups (broad SMARTS) is 1. The number of piperazine rings is 1. The van der Waals surface area contributed by atoms with E-state index in [0.29, 0.717) is 6.42 Å². The van der Waals surface area contributed by atoms with Crippen molar-refractivity contribution in [3.8, 4) is 0 Å². The summed E-state index contributed by atoms with van der Waals surface area (Å²) in [6.07, 6.45) is -4.79. The van der Waals surface area contributed by atoms with Gasteiger partial charge in [-0.15, -0.1) is 0 Å². The van der Waals surface area contributed by atoms with Gasteiger partial charge in [0.15, 0.2) is 0 Å². The number of alkyl halides is 3. The Morgan fingerprint density at radius 2 is 1.95 bits per heavy atom. The lowest BCUT2D eigenvalue weighted by molar-refractivity contribution is -0.153. The minimum Gasteiger partial charge on any atom is -0.465 e. The molecule has 7 heteroatoms. The first-order chi connectivity index (χ1) is 8.46. The maximum atomic E-state index is 12.5. The Labute approximate surface area is 110 Å². The highest BCUT2D eigenvalue weighted by Gasteiger charge is 2.62. The number of rotatable bonds is 1. The van der Waals surface area contributed by atoms with Crippen LogP contribution in [0.2, 0.25) is 0 Å². The summed E-state index contributed by atoms with van der Waals surface area (Å²) in [5.41, 5.74) is -1.10. The average molecular weight is 280 g/mol. The number of halogens is 3. The van der Waals surface area contributed by atoms with E-state index in [2.05, 4.69) is 0 Å². The van der Waals surface area contributed by atoms with Gasteiger partial charge in [0.05, 0.1) is 12.1 Å². The van der Waals surface area contributed by atoms with Crippen LogP contribution in [0.4, 0.5) is 18.0 Å². The summed E-state index contributed by atoms with van der Waals surface area (Å²) in [5, 5.41) is 9.27. The van der Waals surface area contributed by atoms with Gasteiger partial charge in [0.1, 0.15) is 0 Å². The summed E-state index contributed by atoms with van der Waals surface area (Å²) in [6.45, 7) is 5.05. The van der Waals surface area contributed by atoms with Crippen molar-refractivity contribution in [3.63, 3.8) is 0 Å². The van der Waals surface area contributed by atoms with Gasteiger partial charge >= 0.3 is 12.3 Å². The topological polar surface area (TPSA) is 43.8 Å². The number of carbonyl (C=O) groups is 1. The molecule has 0 aliphatic carbocycles. The Hall–Kier alpha value is -0.980. The molecule has 110 valence electrons. The Kier molecular flexibility index (Phi) is 3.04. The van der Waals surface area contributed by atoms with Crippen molar-refractivity contribution >= 4 is 6.09 Å². The van der Waals surface area contributed by atoms with Crippen LogP contribution in [-0.4, -0.2) is 58.4 Å². The first-order valence-corrected chi connectivity index (χ1v) is 6.28. The van der Waals surface area contributed by atoms with E-state index in [1.807, 2.05) is 20.8 Å². The van der Waals surface area contributed by atoms with Gasteiger partial charge in [0.2, 0.25) is 0 Å². The second-order valence-corrected chi connectivity index (χ2v) is 6.55. The van der Waals surface area contributed by atoms with Crippen LogP contribution in [0.25, 0.3) is 0 Å². The van der Waals surface area contributed by atoms with E-state index in [1.54, 1.807) is 0 Å². The van der Waals surface area contributed by atoms with Crippen molar-refractivity contribution in [1.82, 2.24) is 9.80 Å². The van der Waals surface area contributed by atoms with Crippen molar-refractivity contribution in [2.24, 2.45) is 5.41 Å². The molecule has 0 aromatic heterocycles. The van der Waals surface area contributed by atoms with Crippen LogP contribution >= 0.6 is 0 Å². The molecule has 1 amide bonds. The van der Waals surface area contributed by atoms with Crippen LogP contribution in [0.15, 0.2) is 0 Å². The Balaban J connectivity index is 2.26. The minimum atomic E-state index is -4.24. The quantitative estimate of drug-likeness (QED) is 0.802. The highest BCUT2D eigenvalue weighted by molar-refractivity contribution is 5.67. The number of fused-ring (bicyclic) bond motifs is 2. The summed E-state index contributed by atoms with van der Waals surface area (Å²) in [6, 6.07) is -0.322. The van der Waals surface area contributed by atoms with E-state index in [4.69, 9.17) is 0 Å². The highest BCUT2D eigenvalue weighted by atomic mass is 19.4. The molecule has 2 atom stereocenters. The molecule has 2 rings (SSSR count). The molecular weight excluding hydrogens is 261 g/mol. The molecule has 1 N–H and O–H groups in total. The molecule has 2 aliphatic heterocycles. The van der Waals surface area contributed by atoms with Gasteiger partial charge in [-0.25, -0.2) is 4.79 Å². The molecule has 0 unspecified atom stereocenters. The Morgan fingerprint density at radius 3 is 2.37 bits per heavy atom. The van der Waals surface area contributed by atoms with Crippen LogP contribution in [0, 0.1) is 5.41 Å². The molecule has 4 nitrogen and oxygen atoms in total. The fourth-order valence-electron chi connectivity index (χ4n) is 3.43. The summed E-state index contributed by atoms with van der Waals surface area (Å²) < 4.78 is 37.6. The summed E-state index contributed by atoms with van der Waals surface area (Å²) in [7, 11) is 0. The van der Waals surface area contributed by atoms with Crippen molar-refractivity contribution in [1.29, 1.82) is 0 Å². The van der Waals surface area contributed by atoms with Gasteiger partial charge in [0, 0.05) is 19.1 Å². The first kappa shape index (κ1) is 14.4. The Bertz CT molecular complexity index is 391. The lowest BCUT2D eigenvalue weighted by atomic mass is 9.73. The van der Waals surface area contributed by atoms with E-state index < -0.39 is 24.4 Å². The third kappa shape index (κ3) is 2.28. The van der Waals surface area contributed by atoms with E-state index >= 15 is 0 Å². The molecule has 0 spiro atoms. The summed E-state index contributed by atoms with van der Waals surface area (Å²) in [5.74, 6) is 0. The van der Waals surface area contributed by atoms with Gasteiger partial charge in [-0.2, -0.15) is 13.2 Å². The van der Waals surface area contributed by atoms with E-state index in [1.165, 1.54) is 9.80 Å². The van der Waals surface area contributed by atoms with E-state index in [-0.39, 0.29) is 24.5 Å². The lowest BCUT2D eigenvalue weighted by Gasteiger charge is -2.48. The molecule has 0 aromatic rings. The fourth-order valence-corrected chi connectivity index (χ4v) is 3.43. The van der Waals surface area contributed by atoms with Crippen LogP contribution in [0.5, 0.6) is 0 Å². The Morgan fingerprint density at radius 1 is 1.37 bits per heavy atom. The number of amides is 1. The standard InChI is InChI=1S/C12H19F3N2O2/c1-10(2,3)11-4-8(5-17(11)9(18)19)16(6-11)7-12(13,14)15/h8H,4-7H2,1-3H3,(H,18,19)/t8-,11+/m0/s1. The largest absolute Gasteiger partial charge is 0.465 e. The molecular formula is C12H19F3N2O2. The number of hydrogen-bond donors (Lipinski definition) is 1.